The molecule has 0 bridgehead atoms. The molecule has 0 aliphatic carbocycles. The fourth-order valence-electron chi connectivity index (χ4n) is 5.29. The van der Waals surface area contributed by atoms with Crippen LogP contribution in [0.25, 0.3) is 17.2 Å². The summed E-state index contributed by atoms with van der Waals surface area (Å²) in [5.74, 6) is 3.92. The summed E-state index contributed by atoms with van der Waals surface area (Å²) in [6.45, 7) is 2.76. The molecular weight excluding hydrogens is 536 g/mol. The topological polar surface area (TPSA) is 78.9 Å². The molecule has 9 heteroatoms. The SMILES string of the molecule is COc1ccc(-c2c3c(cc4c2OCO4)CCN(C(=O)/C=C/c2ccc(OCCCN(C)C)c(OC)c2)C3)cc1OC. The van der Waals surface area contributed by atoms with Gasteiger partial charge in [0.25, 0.3) is 0 Å². The maximum absolute atomic E-state index is 13.4. The van der Waals surface area contributed by atoms with Crippen molar-refractivity contribution in [2.24, 2.45) is 0 Å². The Morgan fingerprint density at radius 2 is 1.71 bits per heavy atom. The summed E-state index contributed by atoms with van der Waals surface area (Å²) in [5.41, 5.74) is 4.85. The molecule has 3 aromatic carbocycles. The minimum Gasteiger partial charge on any atom is -0.493 e. The predicted molar refractivity (Wildman–Crippen MR) is 161 cm³/mol. The van der Waals surface area contributed by atoms with Crippen molar-refractivity contribution in [2.75, 3.05) is 61.9 Å². The van der Waals surface area contributed by atoms with E-state index in [4.69, 9.17) is 28.4 Å². The van der Waals surface area contributed by atoms with E-state index in [2.05, 4.69) is 4.90 Å². The summed E-state index contributed by atoms with van der Waals surface area (Å²) in [6, 6.07) is 13.5. The van der Waals surface area contributed by atoms with Gasteiger partial charge >= 0.3 is 0 Å². The minimum atomic E-state index is -0.0699. The lowest BCUT2D eigenvalue weighted by atomic mass is 9.89. The summed E-state index contributed by atoms with van der Waals surface area (Å²) in [4.78, 5) is 17.4. The van der Waals surface area contributed by atoms with Gasteiger partial charge in [0.2, 0.25) is 12.7 Å². The van der Waals surface area contributed by atoms with E-state index in [0.717, 1.165) is 46.5 Å². The Labute approximate surface area is 247 Å². The van der Waals surface area contributed by atoms with Gasteiger partial charge in [-0.1, -0.05) is 12.1 Å². The van der Waals surface area contributed by atoms with Crippen molar-refractivity contribution in [2.45, 2.75) is 19.4 Å². The molecule has 0 fully saturated rings. The zero-order chi connectivity index (χ0) is 29.6. The third-order valence-corrected chi connectivity index (χ3v) is 7.46. The maximum atomic E-state index is 13.4. The van der Waals surface area contributed by atoms with Crippen molar-refractivity contribution in [3.8, 4) is 45.6 Å². The van der Waals surface area contributed by atoms with Crippen molar-refractivity contribution < 1.29 is 33.2 Å². The number of nitrogens with zero attached hydrogens (tertiary/aromatic N) is 2. The van der Waals surface area contributed by atoms with Crippen molar-refractivity contribution in [1.82, 2.24) is 9.80 Å². The van der Waals surface area contributed by atoms with Crippen LogP contribution < -0.4 is 28.4 Å². The number of rotatable bonds is 11. The molecule has 0 aromatic heterocycles. The Morgan fingerprint density at radius 3 is 2.48 bits per heavy atom. The predicted octanol–water partition coefficient (Wildman–Crippen LogP) is 5.04. The number of hydrogen-bond acceptors (Lipinski definition) is 8. The normalized spacial score (nSPS) is 13.8. The standard InChI is InChI=1S/C33H38N2O7/c1-34(2)14-6-16-40-27-10-7-22(17-28(27)38-4)8-12-31(36)35-15-13-23-18-30-33(42-21-41-30)32(25(23)20-35)24-9-11-26(37-3)29(19-24)39-5/h7-12,17-19H,6,13-16,20-21H2,1-5H3/b12-8+. The summed E-state index contributed by atoms with van der Waals surface area (Å²) < 4.78 is 34.1. The number of hydrogen-bond donors (Lipinski definition) is 0. The second kappa shape index (κ2) is 13.1. The van der Waals surface area contributed by atoms with Gasteiger partial charge in [0.05, 0.1) is 27.9 Å². The van der Waals surface area contributed by atoms with Crippen LogP contribution in [0.3, 0.4) is 0 Å². The molecule has 42 heavy (non-hydrogen) atoms. The first kappa shape index (κ1) is 29.1. The van der Waals surface area contributed by atoms with Crippen LogP contribution in [0, 0.1) is 0 Å². The van der Waals surface area contributed by atoms with Crippen LogP contribution in [-0.2, 0) is 17.8 Å². The zero-order valence-corrected chi connectivity index (χ0v) is 24.9. The molecule has 9 nitrogen and oxygen atoms in total. The highest BCUT2D eigenvalue weighted by atomic mass is 16.7. The van der Waals surface area contributed by atoms with E-state index in [1.54, 1.807) is 27.4 Å². The van der Waals surface area contributed by atoms with Crippen LogP contribution in [-0.4, -0.2) is 77.6 Å². The molecule has 2 aliphatic heterocycles. The monoisotopic (exact) mass is 574 g/mol. The van der Waals surface area contributed by atoms with Crippen molar-refractivity contribution in [1.29, 1.82) is 0 Å². The van der Waals surface area contributed by atoms with Gasteiger partial charge in [-0.05, 0) is 85.6 Å². The van der Waals surface area contributed by atoms with E-state index < -0.39 is 0 Å². The molecular formula is C33H38N2O7. The smallest absolute Gasteiger partial charge is 0.246 e. The lowest BCUT2D eigenvalue weighted by Crippen LogP contribution is -2.35. The Kier molecular flexibility index (Phi) is 9.07. The van der Waals surface area contributed by atoms with Gasteiger partial charge in [0.15, 0.2) is 34.5 Å². The molecule has 2 aliphatic rings. The highest BCUT2D eigenvalue weighted by molar-refractivity contribution is 5.92. The summed E-state index contributed by atoms with van der Waals surface area (Å²) >= 11 is 0. The number of benzene rings is 3. The highest BCUT2D eigenvalue weighted by Gasteiger charge is 2.30. The average molecular weight is 575 g/mol. The van der Waals surface area contributed by atoms with Gasteiger partial charge in [-0.3, -0.25) is 4.79 Å². The molecule has 0 saturated carbocycles. The van der Waals surface area contributed by atoms with Crippen LogP contribution in [0.15, 0.2) is 48.5 Å². The van der Waals surface area contributed by atoms with E-state index in [1.807, 2.05) is 67.5 Å². The second-order valence-corrected chi connectivity index (χ2v) is 10.5. The van der Waals surface area contributed by atoms with Gasteiger partial charge < -0.3 is 38.2 Å². The fourth-order valence-corrected chi connectivity index (χ4v) is 5.29. The zero-order valence-electron chi connectivity index (χ0n) is 24.9. The number of fused-ring (bicyclic) bond motifs is 2. The van der Waals surface area contributed by atoms with Crippen LogP contribution in [0.2, 0.25) is 0 Å². The molecule has 0 radical (unpaired) electrons. The quantitative estimate of drug-likeness (QED) is 0.233. The molecule has 0 N–H and O–H groups in total. The summed E-state index contributed by atoms with van der Waals surface area (Å²) in [5, 5.41) is 0. The van der Waals surface area contributed by atoms with Crippen LogP contribution in [0.5, 0.6) is 34.5 Å². The number of amides is 1. The number of carbonyl (C=O) groups excluding carboxylic acids is 1. The Hall–Kier alpha value is -4.37. The van der Waals surface area contributed by atoms with Crippen molar-refractivity contribution >= 4 is 12.0 Å². The number of methoxy groups -OCH3 is 3. The van der Waals surface area contributed by atoms with E-state index >= 15 is 0 Å². The number of ether oxygens (including phenoxy) is 6. The third-order valence-electron chi connectivity index (χ3n) is 7.46. The van der Waals surface area contributed by atoms with Crippen molar-refractivity contribution in [3.63, 3.8) is 0 Å². The van der Waals surface area contributed by atoms with Gasteiger partial charge in [-0.2, -0.15) is 0 Å². The van der Waals surface area contributed by atoms with Gasteiger partial charge in [0.1, 0.15) is 0 Å². The Morgan fingerprint density at radius 1 is 0.952 bits per heavy atom. The lowest BCUT2D eigenvalue weighted by molar-refractivity contribution is -0.126. The summed E-state index contributed by atoms with van der Waals surface area (Å²) in [7, 11) is 8.92. The van der Waals surface area contributed by atoms with Gasteiger partial charge in [0, 0.05) is 31.3 Å². The largest absolute Gasteiger partial charge is 0.493 e. The maximum Gasteiger partial charge on any atom is 0.246 e. The average Bonchev–Trinajstić information content (AvgIpc) is 3.48. The number of carbonyl (C=O) groups is 1. The van der Waals surface area contributed by atoms with E-state index in [-0.39, 0.29) is 12.7 Å². The second-order valence-electron chi connectivity index (χ2n) is 10.5. The first-order chi connectivity index (χ1) is 20.4. The third kappa shape index (κ3) is 6.26. The Bertz CT molecular complexity index is 1470. The minimum absolute atomic E-state index is 0.0699. The molecule has 2 heterocycles. The lowest BCUT2D eigenvalue weighted by Gasteiger charge is -2.30. The van der Waals surface area contributed by atoms with Crippen LogP contribution in [0.4, 0.5) is 0 Å². The highest BCUT2D eigenvalue weighted by Crippen LogP contribution is 2.48. The van der Waals surface area contributed by atoms with E-state index in [1.165, 1.54) is 0 Å². The molecule has 0 saturated heterocycles. The molecule has 3 aromatic rings. The molecule has 0 atom stereocenters. The molecule has 5 rings (SSSR count). The molecule has 1 amide bonds. The first-order valence-electron chi connectivity index (χ1n) is 14.0. The van der Waals surface area contributed by atoms with Crippen LogP contribution >= 0.6 is 0 Å². The molecule has 0 unspecified atom stereocenters. The first-order valence-corrected chi connectivity index (χ1v) is 14.0. The Balaban J connectivity index is 1.35. The van der Waals surface area contributed by atoms with Crippen molar-refractivity contribution in [3.05, 3.63) is 65.2 Å². The summed E-state index contributed by atoms with van der Waals surface area (Å²) in [6.07, 6.45) is 5.05. The molecule has 222 valence electrons. The van der Waals surface area contributed by atoms with Gasteiger partial charge in [-0.15, -0.1) is 0 Å². The van der Waals surface area contributed by atoms with E-state index in [9.17, 15) is 4.79 Å². The van der Waals surface area contributed by atoms with Crippen LogP contribution in [0.1, 0.15) is 23.1 Å². The van der Waals surface area contributed by atoms with E-state index in [0.29, 0.717) is 54.9 Å². The fraction of sp³-hybridized carbons (Fsp3) is 0.364. The molecule has 0 spiro atoms. The van der Waals surface area contributed by atoms with Gasteiger partial charge in [-0.25, -0.2) is 0 Å².